The first-order chi connectivity index (χ1) is 36.8. The molecule has 0 aromatic rings. The molecular formula is C59H98O17Si2. The monoisotopic (exact) mass is 1130 g/mol. The third-order valence-electron chi connectivity index (χ3n) is 17.3. The number of epoxide rings is 1. The van der Waals surface area contributed by atoms with Crippen LogP contribution in [0.5, 0.6) is 0 Å². The maximum Gasteiger partial charge on any atom is 0.330 e. The standard InChI is InChI=1S/C59H98O17Si2/c1-17-77(18-2,19-3)75-39(7)48-37-49-54(73-49)46(36-52(63)67-15)55(70-41(9)61)56(65)57(10,11)31-27-25-23-24-26-28-47-42(32-51(62)66-14)29-30-43(71-47)38-59(68-16)58(12,13)50(69-40(8)60)34-44(74-59)33-45(35-53(64)72-48)76-78(20-4,21-5)22-6/h26-28,31-32,36,39,43-45,47-50,54-56,65H,17-25,29-30,33-35,37-38H2,1-16H3/b28-26-,31-27-,42-32-,46-36+/t39-,43-,44+,45+,47-,48-,49+,50+,54-,55+,56?,59-/m1/s1. The predicted molar refractivity (Wildman–Crippen MR) is 301 cm³/mol. The van der Waals surface area contributed by atoms with Gasteiger partial charge in [0.15, 0.2) is 28.5 Å². The second-order valence-electron chi connectivity index (χ2n) is 23.0. The van der Waals surface area contributed by atoms with Crippen LogP contribution in [0, 0.1) is 10.8 Å². The Kier molecular flexibility index (Phi) is 25.7. The van der Waals surface area contributed by atoms with E-state index in [1.807, 2.05) is 58.9 Å². The lowest BCUT2D eigenvalue weighted by atomic mass is 9.70. The molecule has 0 radical (unpaired) electrons. The number of allylic oxidation sites excluding steroid dienone is 2. The molecule has 4 rings (SSSR count). The second-order valence-corrected chi connectivity index (χ2v) is 32.4. The topological polar surface area (TPSA) is 210 Å². The van der Waals surface area contributed by atoms with Crippen molar-refractivity contribution in [2.24, 2.45) is 10.8 Å². The SMILES string of the molecule is CC[Si](CC)(CC)O[C@@H]1CC(=O)O[C@@H]([C@@H](C)O[Si](CC)(CC)CC)C[C@@H]2O[C@@H]2/C(=C\C(=O)OC)[C@H](OC(C)=O)C(O)C(C)(C)/C=C\CCC/C=C\[C@H]2O[C@H](CC/C2=C/C(=O)OC)C[C@@]2(OC)O[C@@H](C1)C[C@H](OC(C)=O)C2(C)C. The highest BCUT2D eigenvalue weighted by Gasteiger charge is 2.60. The van der Waals surface area contributed by atoms with Crippen molar-refractivity contribution in [3.63, 3.8) is 0 Å². The fraction of sp³-hybridized carbons (Fsp3) is 0.780. The number of fused-ring (bicyclic) bond motifs is 5. The number of rotatable bonds is 16. The van der Waals surface area contributed by atoms with E-state index in [9.17, 15) is 29.1 Å². The minimum Gasteiger partial charge on any atom is -0.466 e. The summed E-state index contributed by atoms with van der Waals surface area (Å²) < 4.78 is 70.0. The van der Waals surface area contributed by atoms with Gasteiger partial charge in [0.1, 0.15) is 24.4 Å². The van der Waals surface area contributed by atoms with E-state index in [0.29, 0.717) is 32.1 Å². The summed E-state index contributed by atoms with van der Waals surface area (Å²) in [7, 11) is -0.529. The minimum absolute atomic E-state index is 0.127. The van der Waals surface area contributed by atoms with E-state index in [-0.39, 0.29) is 31.3 Å². The highest BCUT2D eigenvalue weighted by atomic mass is 28.4. The minimum atomic E-state index is -2.42. The van der Waals surface area contributed by atoms with Crippen LogP contribution in [-0.2, 0) is 75.5 Å². The Morgan fingerprint density at radius 3 is 1.97 bits per heavy atom. The molecular weight excluding hydrogens is 1040 g/mol. The van der Waals surface area contributed by atoms with Crippen molar-refractivity contribution in [2.45, 2.75) is 263 Å². The zero-order valence-electron chi connectivity index (χ0n) is 50.1. The highest BCUT2D eigenvalue weighted by Crippen LogP contribution is 2.51. The van der Waals surface area contributed by atoms with Gasteiger partial charge in [-0.25, -0.2) is 9.59 Å². The van der Waals surface area contributed by atoms with Gasteiger partial charge in [-0.3, -0.25) is 14.4 Å². The molecule has 0 aromatic heterocycles. The molecule has 4 aliphatic heterocycles. The average molecular weight is 1140 g/mol. The molecule has 78 heavy (non-hydrogen) atoms. The number of aliphatic hydroxyl groups excluding tert-OH is 1. The molecule has 4 aliphatic rings. The van der Waals surface area contributed by atoms with Crippen molar-refractivity contribution in [2.75, 3.05) is 21.3 Å². The third-order valence-corrected chi connectivity index (χ3v) is 26.7. The normalized spacial score (nSPS) is 32.8. The van der Waals surface area contributed by atoms with Crippen molar-refractivity contribution >= 4 is 46.5 Å². The summed E-state index contributed by atoms with van der Waals surface area (Å²) >= 11 is 0. The largest absolute Gasteiger partial charge is 0.466 e. The molecule has 0 saturated carbocycles. The Balaban J connectivity index is 1.91. The van der Waals surface area contributed by atoms with Crippen LogP contribution >= 0.6 is 0 Å². The number of methoxy groups -OCH3 is 3. The smallest absolute Gasteiger partial charge is 0.330 e. The van der Waals surface area contributed by atoms with Crippen molar-refractivity contribution < 1.29 is 80.6 Å². The summed E-state index contributed by atoms with van der Waals surface area (Å²) in [5.41, 5.74) is -0.895. The zero-order chi connectivity index (χ0) is 58.2. The van der Waals surface area contributed by atoms with Gasteiger partial charge < -0.3 is 56.6 Å². The molecule has 3 saturated heterocycles. The van der Waals surface area contributed by atoms with Gasteiger partial charge in [0.2, 0.25) is 0 Å². The number of carbonyl (C=O) groups excluding carboxylic acids is 5. The van der Waals surface area contributed by atoms with Crippen molar-refractivity contribution in [3.05, 3.63) is 47.6 Å². The maximum absolute atomic E-state index is 14.9. The lowest BCUT2D eigenvalue weighted by Crippen LogP contribution is -2.63. The first-order valence-corrected chi connectivity index (χ1v) is 33.9. The molecule has 0 aromatic carbocycles. The van der Waals surface area contributed by atoms with Gasteiger partial charge in [0.25, 0.3) is 0 Å². The van der Waals surface area contributed by atoms with Crippen LogP contribution in [-0.4, -0.2) is 146 Å². The number of esters is 5. The quantitative estimate of drug-likeness (QED) is 0.0380. The van der Waals surface area contributed by atoms with Gasteiger partial charge in [-0.05, 0) is 87.3 Å². The molecule has 0 aliphatic carbocycles. The molecule has 1 N–H and O–H groups in total. The van der Waals surface area contributed by atoms with E-state index in [1.165, 1.54) is 40.2 Å². The predicted octanol–water partition coefficient (Wildman–Crippen LogP) is 10.5. The van der Waals surface area contributed by atoms with Crippen molar-refractivity contribution in [3.8, 4) is 0 Å². The number of ether oxygens (including phenoxy) is 9. The molecule has 4 heterocycles. The first kappa shape index (κ1) is 67.0. The number of hydrogen-bond donors (Lipinski definition) is 1. The van der Waals surface area contributed by atoms with Crippen molar-refractivity contribution in [1.29, 1.82) is 0 Å². The summed E-state index contributed by atoms with van der Waals surface area (Å²) in [6.07, 6.45) is 6.01. The van der Waals surface area contributed by atoms with E-state index >= 15 is 0 Å². The summed E-state index contributed by atoms with van der Waals surface area (Å²) in [5.74, 6) is -4.19. The number of cyclic esters (lactones) is 1. The Morgan fingerprint density at radius 1 is 0.795 bits per heavy atom. The molecule has 0 spiro atoms. The summed E-state index contributed by atoms with van der Waals surface area (Å²) in [5, 5.41) is 12.2. The Bertz CT molecular complexity index is 2090. The van der Waals surface area contributed by atoms with Crippen LogP contribution in [0.15, 0.2) is 47.6 Å². The van der Waals surface area contributed by atoms with Gasteiger partial charge in [0.05, 0.1) is 62.7 Å². The molecule has 444 valence electrons. The first-order valence-electron chi connectivity index (χ1n) is 28.8. The van der Waals surface area contributed by atoms with E-state index in [1.54, 1.807) is 7.11 Å². The van der Waals surface area contributed by atoms with E-state index in [4.69, 9.17) is 51.5 Å². The van der Waals surface area contributed by atoms with Crippen LogP contribution in [0.4, 0.5) is 0 Å². The number of carbonyl (C=O) groups is 5. The zero-order valence-corrected chi connectivity index (χ0v) is 52.1. The Hall–Kier alpha value is -3.54. The molecule has 0 amide bonds. The van der Waals surface area contributed by atoms with Crippen LogP contribution in [0.1, 0.15) is 154 Å². The van der Waals surface area contributed by atoms with Gasteiger partial charge in [-0.2, -0.15) is 0 Å². The van der Waals surface area contributed by atoms with Gasteiger partial charge in [0, 0.05) is 63.4 Å². The molecule has 4 bridgehead atoms. The fourth-order valence-electron chi connectivity index (χ4n) is 11.6. The lowest BCUT2D eigenvalue weighted by molar-refractivity contribution is -0.358. The second kappa shape index (κ2) is 30.0. The van der Waals surface area contributed by atoms with Gasteiger partial charge in [-0.15, -0.1) is 0 Å². The van der Waals surface area contributed by atoms with E-state index < -0.39 is 130 Å². The fourth-order valence-corrected chi connectivity index (χ4v) is 17.5. The third kappa shape index (κ3) is 17.7. The molecule has 19 heteroatoms. The maximum atomic E-state index is 14.9. The van der Waals surface area contributed by atoms with E-state index in [0.717, 1.165) is 48.3 Å². The average Bonchev–Trinajstić information content (AvgIpc) is 4.28. The number of aliphatic hydroxyl groups is 1. The molecule has 1 unspecified atom stereocenters. The van der Waals surface area contributed by atoms with Gasteiger partial charge in [-0.1, -0.05) is 93.5 Å². The van der Waals surface area contributed by atoms with Crippen LogP contribution in [0.3, 0.4) is 0 Å². The molecule has 12 atom stereocenters. The Labute approximate surface area is 468 Å². The summed E-state index contributed by atoms with van der Waals surface area (Å²) in [6.45, 7) is 24.9. The summed E-state index contributed by atoms with van der Waals surface area (Å²) in [4.78, 5) is 66.5. The van der Waals surface area contributed by atoms with Gasteiger partial charge >= 0.3 is 29.8 Å². The van der Waals surface area contributed by atoms with E-state index in [2.05, 4.69) is 41.5 Å². The molecule has 17 nitrogen and oxygen atoms in total. The lowest BCUT2D eigenvalue weighted by Gasteiger charge is -2.55. The molecule has 3 fully saturated rings. The van der Waals surface area contributed by atoms with Crippen LogP contribution in [0.2, 0.25) is 36.3 Å². The highest BCUT2D eigenvalue weighted by molar-refractivity contribution is 6.74. The van der Waals surface area contributed by atoms with Crippen molar-refractivity contribution in [1.82, 2.24) is 0 Å². The summed E-state index contributed by atoms with van der Waals surface area (Å²) in [6, 6.07) is 5.00. The Morgan fingerprint density at radius 2 is 1.40 bits per heavy atom. The number of hydrogen-bond acceptors (Lipinski definition) is 17. The van der Waals surface area contributed by atoms with Crippen LogP contribution in [0.25, 0.3) is 0 Å². The van der Waals surface area contributed by atoms with Crippen LogP contribution < -0.4 is 0 Å².